The highest BCUT2D eigenvalue weighted by atomic mass is 15.3. The Bertz CT molecular complexity index is 223. The first-order valence-electron chi connectivity index (χ1n) is 7.50. The molecule has 1 saturated heterocycles. The number of piperazine rings is 1. The summed E-state index contributed by atoms with van der Waals surface area (Å²) in [5, 5.41) is 3.78. The van der Waals surface area contributed by atoms with Gasteiger partial charge in [0, 0.05) is 30.7 Å². The maximum atomic E-state index is 3.78. The van der Waals surface area contributed by atoms with Crippen LogP contribution in [0.5, 0.6) is 0 Å². The van der Waals surface area contributed by atoms with Crippen LogP contribution in [0.1, 0.15) is 60.8 Å². The zero-order valence-corrected chi connectivity index (χ0v) is 12.7. The molecule has 0 bridgehead atoms. The molecule has 0 aromatic rings. The molecule has 3 atom stereocenters. The molecule has 2 nitrogen and oxygen atoms in total. The molecule has 0 spiro atoms. The van der Waals surface area contributed by atoms with Crippen LogP contribution in [0.3, 0.4) is 0 Å². The summed E-state index contributed by atoms with van der Waals surface area (Å²) in [4.78, 5) is 2.73. The lowest BCUT2D eigenvalue weighted by molar-refractivity contribution is 0.0306. The predicted octanol–water partition coefficient (Wildman–Crippen LogP) is 3.27. The lowest BCUT2D eigenvalue weighted by atomic mass is 9.86. The second-order valence-corrected chi connectivity index (χ2v) is 6.02. The molecule has 1 N–H and O–H groups in total. The van der Waals surface area contributed by atoms with Crippen LogP contribution in [-0.2, 0) is 0 Å². The number of hydrogen-bond donors (Lipinski definition) is 1. The van der Waals surface area contributed by atoms with Crippen molar-refractivity contribution in [3.05, 3.63) is 0 Å². The molecule has 1 aliphatic heterocycles. The Kier molecular flexibility index (Phi) is 5.46. The largest absolute Gasteiger partial charge is 0.308 e. The van der Waals surface area contributed by atoms with Crippen molar-refractivity contribution >= 4 is 0 Å². The maximum absolute atomic E-state index is 3.78. The first-order valence-corrected chi connectivity index (χ1v) is 7.50. The van der Waals surface area contributed by atoms with Gasteiger partial charge in [0.25, 0.3) is 0 Å². The van der Waals surface area contributed by atoms with Crippen LogP contribution < -0.4 is 5.32 Å². The number of rotatable bonds is 5. The normalized spacial score (nSPS) is 28.9. The van der Waals surface area contributed by atoms with Crippen LogP contribution in [0.2, 0.25) is 0 Å². The van der Waals surface area contributed by atoms with Gasteiger partial charge in [-0.1, -0.05) is 34.1 Å². The average molecular weight is 240 g/mol. The van der Waals surface area contributed by atoms with E-state index in [9.17, 15) is 0 Å². The first-order chi connectivity index (χ1) is 7.99. The van der Waals surface area contributed by atoms with Crippen LogP contribution in [0.4, 0.5) is 0 Å². The Balaban J connectivity index is 2.75. The van der Waals surface area contributed by atoms with Gasteiger partial charge in [0.1, 0.15) is 0 Å². The minimum absolute atomic E-state index is 0.355. The van der Waals surface area contributed by atoms with Crippen molar-refractivity contribution < 1.29 is 0 Å². The standard InChI is InChI=1S/C15H32N2/c1-7-12(4)14(6)17-11-15(8-2,9-3)16-10-13(17)5/h12-14,16H,7-11H2,1-6H3. The predicted molar refractivity (Wildman–Crippen MR) is 76.4 cm³/mol. The molecular formula is C15H32N2. The van der Waals surface area contributed by atoms with Crippen LogP contribution in [0.25, 0.3) is 0 Å². The molecule has 102 valence electrons. The van der Waals surface area contributed by atoms with Crippen molar-refractivity contribution in [2.45, 2.75) is 78.4 Å². The van der Waals surface area contributed by atoms with Crippen molar-refractivity contribution in [2.75, 3.05) is 13.1 Å². The highest BCUT2D eigenvalue weighted by Gasteiger charge is 2.37. The van der Waals surface area contributed by atoms with Gasteiger partial charge in [-0.25, -0.2) is 0 Å². The second-order valence-electron chi connectivity index (χ2n) is 6.02. The molecule has 0 aromatic carbocycles. The summed E-state index contributed by atoms with van der Waals surface area (Å²) in [6.07, 6.45) is 3.75. The summed E-state index contributed by atoms with van der Waals surface area (Å²) in [5.41, 5.74) is 0.355. The molecule has 1 rings (SSSR count). The quantitative estimate of drug-likeness (QED) is 0.793. The Labute approximate surface area is 108 Å². The minimum atomic E-state index is 0.355. The fourth-order valence-electron chi connectivity index (χ4n) is 2.98. The fraction of sp³-hybridized carbons (Fsp3) is 1.00. The SMILES string of the molecule is CCC(C)C(C)N1CC(CC)(CC)NCC1C. The van der Waals surface area contributed by atoms with Gasteiger partial charge < -0.3 is 5.32 Å². The molecule has 0 saturated carbocycles. The molecule has 0 aromatic heterocycles. The molecule has 1 fully saturated rings. The van der Waals surface area contributed by atoms with Crippen molar-refractivity contribution in [2.24, 2.45) is 5.92 Å². The Morgan fingerprint density at radius 1 is 1.24 bits per heavy atom. The zero-order chi connectivity index (χ0) is 13.1. The summed E-state index contributed by atoms with van der Waals surface area (Å²) in [6, 6.07) is 1.37. The van der Waals surface area contributed by atoms with Crippen LogP contribution in [0, 0.1) is 5.92 Å². The van der Waals surface area contributed by atoms with Gasteiger partial charge in [-0.15, -0.1) is 0 Å². The second kappa shape index (κ2) is 6.19. The summed E-state index contributed by atoms with van der Waals surface area (Å²) in [7, 11) is 0. The van der Waals surface area contributed by atoms with Gasteiger partial charge in [-0.2, -0.15) is 0 Å². The summed E-state index contributed by atoms with van der Waals surface area (Å²) in [6.45, 7) is 16.5. The highest BCUT2D eigenvalue weighted by Crippen LogP contribution is 2.27. The molecule has 2 heteroatoms. The maximum Gasteiger partial charge on any atom is 0.0304 e. The highest BCUT2D eigenvalue weighted by molar-refractivity contribution is 4.97. The van der Waals surface area contributed by atoms with Crippen molar-refractivity contribution in [1.82, 2.24) is 10.2 Å². The van der Waals surface area contributed by atoms with Gasteiger partial charge in [-0.3, -0.25) is 4.90 Å². The van der Waals surface area contributed by atoms with E-state index in [4.69, 9.17) is 0 Å². The van der Waals surface area contributed by atoms with E-state index in [1.54, 1.807) is 0 Å². The Morgan fingerprint density at radius 3 is 2.29 bits per heavy atom. The van der Waals surface area contributed by atoms with Gasteiger partial charge in [0.15, 0.2) is 0 Å². The molecule has 1 heterocycles. The van der Waals surface area contributed by atoms with E-state index in [2.05, 4.69) is 51.8 Å². The summed E-state index contributed by atoms with van der Waals surface area (Å²) < 4.78 is 0. The zero-order valence-electron chi connectivity index (χ0n) is 12.7. The Hall–Kier alpha value is -0.0800. The van der Waals surface area contributed by atoms with Crippen LogP contribution in [0.15, 0.2) is 0 Å². The van der Waals surface area contributed by atoms with Crippen molar-refractivity contribution in [3.8, 4) is 0 Å². The molecule has 0 aliphatic carbocycles. The number of nitrogens with one attached hydrogen (secondary N) is 1. The molecule has 3 unspecified atom stereocenters. The summed E-state index contributed by atoms with van der Waals surface area (Å²) >= 11 is 0. The van der Waals surface area contributed by atoms with Crippen molar-refractivity contribution in [1.29, 1.82) is 0 Å². The van der Waals surface area contributed by atoms with E-state index >= 15 is 0 Å². The van der Waals surface area contributed by atoms with E-state index in [1.165, 1.54) is 25.8 Å². The van der Waals surface area contributed by atoms with E-state index < -0.39 is 0 Å². The lowest BCUT2D eigenvalue weighted by Crippen LogP contribution is -2.65. The third-order valence-corrected chi connectivity index (χ3v) is 5.17. The molecule has 0 amide bonds. The van der Waals surface area contributed by atoms with E-state index in [-0.39, 0.29) is 0 Å². The van der Waals surface area contributed by atoms with Gasteiger partial charge in [-0.05, 0) is 32.6 Å². The third-order valence-electron chi connectivity index (χ3n) is 5.17. The lowest BCUT2D eigenvalue weighted by Gasteiger charge is -2.50. The van der Waals surface area contributed by atoms with Crippen molar-refractivity contribution in [3.63, 3.8) is 0 Å². The number of nitrogens with zero attached hydrogens (tertiary/aromatic N) is 1. The monoisotopic (exact) mass is 240 g/mol. The van der Waals surface area contributed by atoms with Gasteiger partial charge in [0.2, 0.25) is 0 Å². The summed E-state index contributed by atoms with van der Waals surface area (Å²) in [5.74, 6) is 0.793. The third kappa shape index (κ3) is 3.23. The smallest absolute Gasteiger partial charge is 0.0304 e. The van der Waals surface area contributed by atoms with Crippen LogP contribution in [-0.4, -0.2) is 35.6 Å². The minimum Gasteiger partial charge on any atom is -0.308 e. The molecular weight excluding hydrogens is 208 g/mol. The first kappa shape index (κ1) is 15.0. The Morgan fingerprint density at radius 2 is 1.82 bits per heavy atom. The van der Waals surface area contributed by atoms with E-state index in [1.807, 2.05) is 0 Å². The molecule has 0 radical (unpaired) electrons. The average Bonchev–Trinajstić information content (AvgIpc) is 2.38. The molecule has 1 aliphatic rings. The van der Waals surface area contributed by atoms with Gasteiger partial charge in [0.05, 0.1) is 0 Å². The van der Waals surface area contributed by atoms with Gasteiger partial charge >= 0.3 is 0 Å². The molecule has 17 heavy (non-hydrogen) atoms. The van der Waals surface area contributed by atoms with E-state index in [0.29, 0.717) is 17.6 Å². The van der Waals surface area contributed by atoms with E-state index in [0.717, 1.165) is 12.5 Å². The topological polar surface area (TPSA) is 15.3 Å². The fourth-order valence-corrected chi connectivity index (χ4v) is 2.98. The number of hydrogen-bond acceptors (Lipinski definition) is 2. The van der Waals surface area contributed by atoms with Crippen LogP contribution >= 0.6 is 0 Å².